The van der Waals surface area contributed by atoms with Gasteiger partial charge in [-0.25, -0.2) is 8.42 Å². The molecule has 2 aromatic carbocycles. The van der Waals surface area contributed by atoms with Gasteiger partial charge in [0.15, 0.2) is 0 Å². The summed E-state index contributed by atoms with van der Waals surface area (Å²) in [5.74, 6) is 0.163. The molecule has 0 radical (unpaired) electrons. The number of amides is 1. The zero-order chi connectivity index (χ0) is 17.6. The normalized spacial score (nSPS) is 11.1. The van der Waals surface area contributed by atoms with Crippen LogP contribution in [0.15, 0.2) is 48.5 Å². The molecule has 7 heteroatoms. The van der Waals surface area contributed by atoms with E-state index < -0.39 is 9.84 Å². The van der Waals surface area contributed by atoms with Crippen molar-refractivity contribution in [1.29, 1.82) is 0 Å². The molecule has 128 valence electrons. The summed E-state index contributed by atoms with van der Waals surface area (Å²) in [5.41, 5.74) is 1.59. The van der Waals surface area contributed by atoms with E-state index in [2.05, 4.69) is 5.32 Å². The lowest BCUT2D eigenvalue weighted by Crippen LogP contribution is -2.16. The van der Waals surface area contributed by atoms with Crippen LogP contribution >= 0.6 is 11.6 Å². The van der Waals surface area contributed by atoms with E-state index in [4.69, 9.17) is 16.3 Å². The predicted molar refractivity (Wildman–Crippen MR) is 95.2 cm³/mol. The minimum absolute atomic E-state index is 0.0619. The number of hydrogen-bond donors (Lipinski definition) is 1. The van der Waals surface area contributed by atoms with Gasteiger partial charge in [0.05, 0.1) is 5.75 Å². The van der Waals surface area contributed by atoms with E-state index >= 15 is 0 Å². The van der Waals surface area contributed by atoms with E-state index in [1.54, 1.807) is 36.4 Å². The Hall–Kier alpha value is -2.05. The molecule has 0 heterocycles. The fraction of sp³-hybridized carbons (Fsp3) is 0.235. The molecule has 0 aliphatic rings. The molecule has 0 aliphatic heterocycles. The average molecular weight is 368 g/mol. The third-order valence-corrected chi connectivity index (χ3v) is 4.35. The highest BCUT2D eigenvalue weighted by Crippen LogP contribution is 2.18. The smallest absolute Gasteiger partial charge is 0.225 e. The number of rotatable bonds is 7. The van der Waals surface area contributed by atoms with Crippen molar-refractivity contribution >= 4 is 33.0 Å². The zero-order valence-corrected chi connectivity index (χ0v) is 14.7. The number of sulfone groups is 1. The van der Waals surface area contributed by atoms with E-state index in [9.17, 15) is 13.2 Å². The van der Waals surface area contributed by atoms with Crippen molar-refractivity contribution in [1.82, 2.24) is 0 Å². The Morgan fingerprint density at radius 2 is 1.71 bits per heavy atom. The van der Waals surface area contributed by atoms with Crippen LogP contribution < -0.4 is 10.1 Å². The first-order valence-electron chi connectivity index (χ1n) is 7.27. The Bertz CT molecular complexity index is 786. The lowest BCUT2D eigenvalue weighted by molar-refractivity contribution is -0.115. The summed E-state index contributed by atoms with van der Waals surface area (Å²) < 4.78 is 27.7. The van der Waals surface area contributed by atoms with Crippen molar-refractivity contribution in [3.05, 3.63) is 59.1 Å². The standard InChI is InChI=1S/C17H18ClNO4S/c1-24(21,22)11-10-17(20)19-15-6-8-16(9-7-15)23-12-13-2-4-14(18)5-3-13/h2-9H,10-12H2,1H3,(H,19,20). The highest BCUT2D eigenvalue weighted by atomic mass is 35.5. The number of hydrogen-bond acceptors (Lipinski definition) is 4. The monoisotopic (exact) mass is 367 g/mol. The molecule has 2 aromatic rings. The Balaban J connectivity index is 1.84. The van der Waals surface area contributed by atoms with Crippen LogP contribution in [0.4, 0.5) is 5.69 Å². The molecule has 0 atom stereocenters. The van der Waals surface area contributed by atoms with Crippen molar-refractivity contribution < 1.29 is 17.9 Å². The highest BCUT2D eigenvalue weighted by Gasteiger charge is 2.08. The van der Waals surface area contributed by atoms with Crippen molar-refractivity contribution in [3.63, 3.8) is 0 Å². The summed E-state index contributed by atoms with van der Waals surface area (Å²) >= 11 is 5.83. The second-order valence-corrected chi connectivity index (χ2v) is 8.06. The fourth-order valence-electron chi connectivity index (χ4n) is 1.88. The maximum absolute atomic E-state index is 11.7. The maximum atomic E-state index is 11.7. The van der Waals surface area contributed by atoms with Gasteiger partial charge in [-0.05, 0) is 42.0 Å². The minimum Gasteiger partial charge on any atom is -0.489 e. The molecule has 0 fully saturated rings. The topological polar surface area (TPSA) is 72.5 Å². The number of halogens is 1. The van der Waals surface area contributed by atoms with Crippen LogP contribution in [0.25, 0.3) is 0 Å². The average Bonchev–Trinajstić information content (AvgIpc) is 2.53. The van der Waals surface area contributed by atoms with Gasteiger partial charge < -0.3 is 10.1 Å². The van der Waals surface area contributed by atoms with Crippen LogP contribution in [0.5, 0.6) is 5.75 Å². The quantitative estimate of drug-likeness (QED) is 0.815. The summed E-state index contributed by atoms with van der Waals surface area (Å²) in [6.45, 7) is 0.414. The second kappa shape index (κ2) is 8.17. The van der Waals surface area contributed by atoms with Gasteiger partial charge in [0.1, 0.15) is 22.2 Å². The van der Waals surface area contributed by atoms with E-state index in [-0.39, 0.29) is 18.1 Å². The lowest BCUT2D eigenvalue weighted by atomic mass is 10.2. The number of nitrogens with one attached hydrogen (secondary N) is 1. The van der Waals surface area contributed by atoms with E-state index in [1.165, 1.54) is 0 Å². The molecule has 1 amide bonds. The van der Waals surface area contributed by atoms with Gasteiger partial charge in [-0.1, -0.05) is 23.7 Å². The van der Waals surface area contributed by atoms with E-state index in [1.807, 2.05) is 12.1 Å². The molecule has 0 saturated heterocycles. The van der Waals surface area contributed by atoms with Crippen molar-refractivity contribution in [2.75, 3.05) is 17.3 Å². The molecule has 5 nitrogen and oxygen atoms in total. The summed E-state index contributed by atoms with van der Waals surface area (Å²) in [7, 11) is -3.14. The van der Waals surface area contributed by atoms with Crippen LogP contribution in [-0.2, 0) is 21.2 Å². The highest BCUT2D eigenvalue weighted by molar-refractivity contribution is 7.90. The molecule has 0 aromatic heterocycles. The van der Waals surface area contributed by atoms with Gasteiger partial charge in [0, 0.05) is 23.4 Å². The Morgan fingerprint density at radius 3 is 2.29 bits per heavy atom. The first-order chi connectivity index (χ1) is 11.3. The largest absolute Gasteiger partial charge is 0.489 e. The maximum Gasteiger partial charge on any atom is 0.225 e. The first kappa shape index (κ1) is 18.3. The molecule has 0 spiro atoms. The van der Waals surface area contributed by atoms with Crippen LogP contribution in [0, 0.1) is 0 Å². The molecule has 0 unspecified atom stereocenters. The third kappa shape index (κ3) is 6.60. The fourth-order valence-corrected chi connectivity index (χ4v) is 2.57. The van der Waals surface area contributed by atoms with E-state index in [0.717, 1.165) is 11.8 Å². The molecule has 0 aliphatic carbocycles. The van der Waals surface area contributed by atoms with Crippen LogP contribution in [0.1, 0.15) is 12.0 Å². The minimum atomic E-state index is -3.14. The van der Waals surface area contributed by atoms with Gasteiger partial charge in [0.25, 0.3) is 0 Å². The van der Waals surface area contributed by atoms with Crippen molar-refractivity contribution in [2.24, 2.45) is 0 Å². The Labute approximate surface area is 146 Å². The number of anilines is 1. The van der Waals surface area contributed by atoms with Crippen molar-refractivity contribution in [2.45, 2.75) is 13.0 Å². The Kier molecular flexibility index (Phi) is 6.23. The summed E-state index contributed by atoms with van der Waals surface area (Å²) in [6, 6.07) is 14.3. The van der Waals surface area contributed by atoms with Gasteiger partial charge in [-0.2, -0.15) is 0 Å². The molecular weight excluding hydrogens is 350 g/mol. The molecular formula is C17H18ClNO4S. The van der Waals surface area contributed by atoms with Crippen LogP contribution in [-0.4, -0.2) is 26.3 Å². The second-order valence-electron chi connectivity index (χ2n) is 5.37. The summed E-state index contributed by atoms with van der Waals surface area (Å²) in [4.78, 5) is 11.7. The molecule has 0 bridgehead atoms. The van der Waals surface area contributed by atoms with E-state index in [0.29, 0.717) is 23.1 Å². The summed E-state index contributed by atoms with van der Waals surface area (Å²) in [5, 5.41) is 3.32. The predicted octanol–water partition coefficient (Wildman–Crippen LogP) is 3.29. The third-order valence-electron chi connectivity index (χ3n) is 3.16. The van der Waals surface area contributed by atoms with Crippen LogP contribution in [0.2, 0.25) is 5.02 Å². The first-order valence-corrected chi connectivity index (χ1v) is 9.70. The number of carbonyl (C=O) groups excluding carboxylic acids is 1. The van der Waals surface area contributed by atoms with Gasteiger partial charge in [-0.15, -0.1) is 0 Å². The molecule has 0 saturated carbocycles. The number of ether oxygens (including phenoxy) is 1. The lowest BCUT2D eigenvalue weighted by Gasteiger charge is -2.08. The molecule has 2 rings (SSSR count). The zero-order valence-electron chi connectivity index (χ0n) is 13.2. The Morgan fingerprint density at radius 1 is 1.08 bits per heavy atom. The summed E-state index contributed by atoms with van der Waals surface area (Å²) in [6.07, 6.45) is 1.04. The molecule has 24 heavy (non-hydrogen) atoms. The van der Waals surface area contributed by atoms with Crippen LogP contribution in [0.3, 0.4) is 0 Å². The number of carbonyl (C=O) groups is 1. The van der Waals surface area contributed by atoms with Gasteiger partial charge >= 0.3 is 0 Å². The molecule has 1 N–H and O–H groups in total. The van der Waals surface area contributed by atoms with Gasteiger partial charge in [-0.3, -0.25) is 4.79 Å². The number of benzene rings is 2. The van der Waals surface area contributed by atoms with Crippen molar-refractivity contribution in [3.8, 4) is 5.75 Å². The SMILES string of the molecule is CS(=O)(=O)CCC(=O)Nc1ccc(OCc2ccc(Cl)cc2)cc1. The van der Waals surface area contributed by atoms with Gasteiger partial charge in [0.2, 0.25) is 5.91 Å².